The van der Waals surface area contributed by atoms with Crippen molar-refractivity contribution in [3.63, 3.8) is 0 Å². The molecule has 0 amide bonds. The van der Waals surface area contributed by atoms with Gasteiger partial charge >= 0.3 is 0 Å². The third-order valence-electron chi connectivity index (χ3n) is 4.66. The number of hydrogen-bond donors (Lipinski definition) is 1. The Morgan fingerprint density at radius 2 is 1.85 bits per heavy atom. The fourth-order valence-corrected chi connectivity index (χ4v) is 3.75. The van der Waals surface area contributed by atoms with Crippen LogP contribution >= 0.6 is 0 Å². The third kappa shape index (κ3) is 1.74. The molecule has 1 heteroatoms. The number of aliphatic hydroxyl groups excluding tert-OH is 1. The van der Waals surface area contributed by atoms with Crippen LogP contribution in [0.3, 0.4) is 0 Å². The highest BCUT2D eigenvalue weighted by Crippen LogP contribution is 2.33. The average molecular weight is 262 g/mol. The Bertz CT molecular complexity index is 758. The van der Waals surface area contributed by atoms with Crippen molar-refractivity contribution in [2.75, 3.05) is 0 Å². The highest BCUT2D eigenvalue weighted by molar-refractivity contribution is 5.63. The second kappa shape index (κ2) is 4.60. The second-order valence-corrected chi connectivity index (χ2v) is 5.82. The van der Waals surface area contributed by atoms with E-state index in [0.717, 1.165) is 19.3 Å². The molecule has 2 aromatic carbocycles. The zero-order chi connectivity index (χ0) is 13.5. The van der Waals surface area contributed by atoms with E-state index < -0.39 is 0 Å². The minimum absolute atomic E-state index is 0.217. The first-order valence-electron chi connectivity index (χ1n) is 7.39. The van der Waals surface area contributed by atoms with Gasteiger partial charge in [-0.2, -0.15) is 0 Å². The molecule has 0 radical (unpaired) electrons. The van der Waals surface area contributed by atoms with Gasteiger partial charge in [0.2, 0.25) is 0 Å². The summed E-state index contributed by atoms with van der Waals surface area (Å²) in [5.41, 5.74) is 3.90. The molecule has 0 bridgehead atoms. The molecule has 2 atom stereocenters. The Morgan fingerprint density at radius 3 is 2.70 bits per heavy atom. The van der Waals surface area contributed by atoms with Crippen LogP contribution in [-0.4, -0.2) is 11.2 Å². The Kier molecular flexibility index (Phi) is 2.75. The van der Waals surface area contributed by atoms with Gasteiger partial charge in [0.05, 0.1) is 6.10 Å². The van der Waals surface area contributed by atoms with Crippen LogP contribution in [0, 0.1) is 0 Å². The van der Waals surface area contributed by atoms with E-state index in [4.69, 9.17) is 0 Å². The van der Waals surface area contributed by atoms with E-state index in [1.165, 1.54) is 27.1 Å². The molecule has 0 fully saturated rings. The van der Waals surface area contributed by atoms with Gasteiger partial charge < -0.3 is 5.11 Å². The number of rotatable bonds is 2. The summed E-state index contributed by atoms with van der Waals surface area (Å²) < 4.78 is 0. The molecule has 0 heterocycles. The van der Waals surface area contributed by atoms with E-state index >= 15 is 0 Å². The molecule has 100 valence electrons. The monoisotopic (exact) mass is 262 g/mol. The summed E-state index contributed by atoms with van der Waals surface area (Å²) in [6.45, 7) is 0. The van der Waals surface area contributed by atoms with Crippen LogP contribution in [0.4, 0.5) is 0 Å². The first-order valence-corrected chi connectivity index (χ1v) is 7.39. The standard InChI is InChI=1S/C19H18O/c20-19-16-11-5-9-14-8-4-10-15(18(14)16)17(19)12-13-6-2-1-3-7-13/h1-4,6-10,17,19-20H,5,11-12H2. The van der Waals surface area contributed by atoms with Gasteiger partial charge in [0.15, 0.2) is 0 Å². The Labute approximate surface area is 118 Å². The van der Waals surface area contributed by atoms with Crippen LogP contribution in [0.5, 0.6) is 0 Å². The number of aliphatic hydroxyl groups is 1. The van der Waals surface area contributed by atoms with Crippen LogP contribution in [0.1, 0.15) is 29.9 Å². The summed E-state index contributed by atoms with van der Waals surface area (Å²) in [6, 6.07) is 17.0. The summed E-state index contributed by atoms with van der Waals surface area (Å²) in [4.78, 5) is 0. The molecule has 0 aromatic heterocycles. The molecule has 0 spiro atoms. The zero-order valence-corrected chi connectivity index (χ0v) is 11.4. The largest absolute Gasteiger partial charge is 0.388 e. The lowest BCUT2D eigenvalue weighted by molar-refractivity contribution is 0.200. The molecule has 2 unspecified atom stereocenters. The third-order valence-corrected chi connectivity index (χ3v) is 4.66. The van der Waals surface area contributed by atoms with E-state index in [1.807, 2.05) is 6.07 Å². The molecule has 0 aliphatic heterocycles. The van der Waals surface area contributed by atoms with E-state index in [-0.39, 0.29) is 12.0 Å². The van der Waals surface area contributed by atoms with Crippen LogP contribution in [0.15, 0.2) is 48.5 Å². The molecule has 2 aliphatic carbocycles. The minimum Gasteiger partial charge on any atom is -0.388 e. The van der Waals surface area contributed by atoms with Crippen molar-refractivity contribution in [1.29, 1.82) is 0 Å². The molecule has 0 saturated heterocycles. The first-order chi connectivity index (χ1) is 9.84. The summed E-state index contributed by atoms with van der Waals surface area (Å²) in [6.07, 6.45) is 4.99. The van der Waals surface area contributed by atoms with Crippen molar-refractivity contribution in [2.45, 2.75) is 31.3 Å². The molecule has 20 heavy (non-hydrogen) atoms. The minimum atomic E-state index is -0.306. The molecule has 1 N–H and O–H groups in total. The van der Waals surface area contributed by atoms with Gasteiger partial charge in [-0.15, -0.1) is 0 Å². The zero-order valence-electron chi connectivity index (χ0n) is 11.4. The molecule has 2 aliphatic rings. The average Bonchev–Trinajstić information content (AvgIpc) is 2.77. The van der Waals surface area contributed by atoms with Crippen LogP contribution in [0.2, 0.25) is 0 Å². The van der Waals surface area contributed by atoms with Crippen LogP contribution in [0.25, 0.3) is 11.6 Å². The molecular weight excluding hydrogens is 244 g/mol. The maximum absolute atomic E-state index is 10.7. The van der Waals surface area contributed by atoms with E-state index in [1.54, 1.807) is 0 Å². The quantitative estimate of drug-likeness (QED) is 0.879. The summed E-state index contributed by atoms with van der Waals surface area (Å²) in [7, 11) is 0. The topological polar surface area (TPSA) is 20.2 Å². The van der Waals surface area contributed by atoms with Gasteiger partial charge in [0, 0.05) is 5.92 Å². The lowest BCUT2D eigenvalue weighted by Gasteiger charge is -2.19. The van der Waals surface area contributed by atoms with Gasteiger partial charge in [-0.05, 0) is 46.4 Å². The van der Waals surface area contributed by atoms with Gasteiger partial charge in [0.25, 0.3) is 0 Å². The van der Waals surface area contributed by atoms with Crippen molar-refractivity contribution in [3.8, 4) is 0 Å². The van der Waals surface area contributed by atoms with Crippen molar-refractivity contribution in [3.05, 3.63) is 70.1 Å². The van der Waals surface area contributed by atoms with Crippen molar-refractivity contribution in [1.82, 2.24) is 0 Å². The summed E-state index contributed by atoms with van der Waals surface area (Å²) in [5, 5.41) is 13.4. The molecule has 1 nitrogen and oxygen atoms in total. The maximum atomic E-state index is 10.7. The van der Waals surface area contributed by atoms with Crippen molar-refractivity contribution >= 4 is 11.6 Å². The molecular formula is C19H18O. The number of benzene rings is 2. The lowest BCUT2D eigenvalue weighted by atomic mass is 9.90. The predicted molar refractivity (Wildman–Crippen MR) is 81.7 cm³/mol. The van der Waals surface area contributed by atoms with Gasteiger partial charge in [0.1, 0.15) is 0 Å². The SMILES string of the molecule is OC1C2=c3c(cccc3=CCC2)C1Cc1ccccc1. The highest BCUT2D eigenvalue weighted by atomic mass is 16.3. The maximum Gasteiger partial charge on any atom is 0.0831 e. The fraction of sp³-hybridized carbons (Fsp3) is 0.263. The second-order valence-electron chi connectivity index (χ2n) is 5.82. The van der Waals surface area contributed by atoms with Gasteiger partial charge in [-0.25, -0.2) is 0 Å². The summed E-state index contributed by atoms with van der Waals surface area (Å²) in [5.74, 6) is 0.217. The smallest absolute Gasteiger partial charge is 0.0831 e. The van der Waals surface area contributed by atoms with Gasteiger partial charge in [-0.3, -0.25) is 0 Å². The molecule has 4 rings (SSSR count). The van der Waals surface area contributed by atoms with E-state index in [9.17, 15) is 5.11 Å². The van der Waals surface area contributed by atoms with Gasteiger partial charge in [-0.1, -0.05) is 54.6 Å². The Morgan fingerprint density at radius 1 is 1.00 bits per heavy atom. The van der Waals surface area contributed by atoms with E-state index in [0.29, 0.717) is 0 Å². The predicted octanol–water partition coefficient (Wildman–Crippen LogP) is 2.11. The molecule has 0 saturated carbocycles. The summed E-state index contributed by atoms with van der Waals surface area (Å²) >= 11 is 0. The van der Waals surface area contributed by atoms with Crippen LogP contribution < -0.4 is 10.4 Å². The van der Waals surface area contributed by atoms with E-state index in [2.05, 4.69) is 48.5 Å². The van der Waals surface area contributed by atoms with Crippen molar-refractivity contribution < 1.29 is 5.11 Å². The number of hydrogen-bond acceptors (Lipinski definition) is 1. The highest BCUT2D eigenvalue weighted by Gasteiger charge is 2.33. The van der Waals surface area contributed by atoms with Crippen molar-refractivity contribution in [2.24, 2.45) is 0 Å². The Hall–Kier alpha value is -1.86. The lowest BCUT2D eigenvalue weighted by Crippen LogP contribution is -2.30. The fourth-order valence-electron chi connectivity index (χ4n) is 3.75. The normalized spacial score (nSPS) is 23.4. The first kappa shape index (κ1) is 11.9. The Balaban J connectivity index is 1.81. The van der Waals surface area contributed by atoms with Crippen LogP contribution in [-0.2, 0) is 6.42 Å². The molecule has 2 aromatic rings.